The monoisotopic (exact) mass is 193 g/mol. The number of nitrogens with two attached hydrogens (primary N) is 1. The van der Waals surface area contributed by atoms with E-state index in [0.717, 1.165) is 16.8 Å². The van der Waals surface area contributed by atoms with Gasteiger partial charge < -0.3 is 5.73 Å². The van der Waals surface area contributed by atoms with E-state index >= 15 is 0 Å². The van der Waals surface area contributed by atoms with E-state index in [9.17, 15) is 0 Å². The molecule has 1 heteroatoms. The minimum absolute atomic E-state index is 0.745. The Kier molecular flexibility index (Phi) is 2.71. The first-order chi connectivity index (χ1) is 7.34. The van der Waals surface area contributed by atoms with Gasteiger partial charge in [0.2, 0.25) is 0 Å². The molecule has 0 aliphatic heterocycles. The van der Waals surface area contributed by atoms with Gasteiger partial charge in [0.25, 0.3) is 0 Å². The smallest absolute Gasteiger partial charge is 0.0326 e. The van der Waals surface area contributed by atoms with Gasteiger partial charge in [0.1, 0.15) is 0 Å². The molecule has 15 heavy (non-hydrogen) atoms. The van der Waals surface area contributed by atoms with Crippen molar-refractivity contribution in [1.82, 2.24) is 0 Å². The third-order valence-corrected chi connectivity index (χ3v) is 2.01. The molecule has 2 aromatic carbocycles. The zero-order chi connectivity index (χ0) is 10.5. The SMILES string of the molecule is Nc1cccc(C#Cc2ccccc2)c1. The van der Waals surface area contributed by atoms with Crippen LogP contribution in [-0.4, -0.2) is 0 Å². The van der Waals surface area contributed by atoms with Crippen LogP contribution in [0.1, 0.15) is 11.1 Å². The van der Waals surface area contributed by atoms with E-state index in [1.54, 1.807) is 0 Å². The summed E-state index contributed by atoms with van der Waals surface area (Å²) in [5.41, 5.74) is 8.36. The number of hydrogen-bond donors (Lipinski definition) is 1. The maximum atomic E-state index is 5.66. The summed E-state index contributed by atoms with van der Waals surface area (Å²) in [6, 6.07) is 17.5. The number of rotatable bonds is 0. The van der Waals surface area contributed by atoms with Gasteiger partial charge in [-0.15, -0.1) is 0 Å². The summed E-state index contributed by atoms with van der Waals surface area (Å²) in [5, 5.41) is 0. The molecule has 0 aliphatic rings. The molecule has 0 saturated carbocycles. The van der Waals surface area contributed by atoms with E-state index in [2.05, 4.69) is 11.8 Å². The standard InChI is InChI=1S/C14H11N/c15-14-8-4-7-13(11-14)10-9-12-5-2-1-3-6-12/h1-8,11H,15H2. The average molecular weight is 193 g/mol. The minimum atomic E-state index is 0.745. The van der Waals surface area contributed by atoms with Gasteiger partial charge in [-0.3, -0.25) is 0 Å². The molecular weight excluding hydrogens is 182 g/mol. The van der Waals surface area contributed by atoms with Crippen LogP contribution in [0.3, 0.4) is 0 Å². The van der Waals surface area contributed by atoms with Crippen LogP contribution < -0.4 is 5.73 Å². The van der Waals surface area contributed by atoms with Crippen LogP contribution in [-0.2, 0) is 0 Å². The minimum Gasteiger partial charge on any atom is -0.399 e. The first-order valence-corrected chi connectivity index (χ1v) is 4.77. The van der Waals surface area contributed by atoms with E-state index in [0.29, 0.717) is 0 Å². The summed E-state index contributed by atoms with van der Waals surface area (Å²) in [4.78, 5) is 0. The topological polar surface area (TPSA) is 26.0 Å². The van der Waals surface area contributed by atoms with Gasteiger partial charge in [0.15, 0.2) is 0 Å². The predicted octanol–water partition coefficient (Wildman–Crippen LogP) is 2.67. The van der Waals surface area contributed by atoms with Crippen LogP contribution in [0.2, 0.25) is 0 Å². The molecule has 0 heterocycles. The maximum Gasteiger partial charge on any atom is 0.0326 e. The molecule has 0 radical (unpaired) electrons. The molecule has 1 nitrogen and oxygen atoms in total. The van der Waals surface area contributed by atoms with Gasteiger partial charge in [-0.25, -0.2) is 0 Å². The van der Waals surface area contributed by atoms with E-state index in [1.165, 1.54) is 0 Å². The predicted molar refractivity (Wildman–Crippen MR) is 63.3 cm³/mol. The van der Waals surface area contributed by atoms with Crippen molar-refractivity contribution < 1.29 is 0 Å². The molecule has 2 N–H and O–H groups in total. The third-order valence-electron chi connectivity index (χ3n) is 2.01. The molecule has 0 fully saturated rings. The van der Waals surface area contributed by atoms with Crippen LogP contribution in [0.4, 0.5) is 5.69 Å². The molecular formula is C14H11N. The van der Waals surface area contributed by atoms with Crippen molar-refractivity contribution in [3.05, 3.63) is 65.7 Å². The van der Waals surface area contributed by atoms with E-state index in [-0.39, 0.29) is 0 Å². The molecule has 0 spiro atoms. The molecule has 2 aromatic rings. The van der Waals surface area contributed by atoms with Gasteiger partial charge in [0, 0.05) is 16.8 Å². The molecule has 0 aromatic heterocycles. The summed E-state index contributed by atoms with van der Waals surface area (Å²) >= 11 is 0. The lowest BCUT2D eigenvalue weighted by atomic mass is 10.2. The number of nitrogen functional groups attached to an aromatic ring is 1. The van der Waals surface area contributed by atoms with Crippen LogP contribution in [0, 0.1) is 11.8 Å². The fraction of sp³-hybridized carbons (Fsp3) is 0. The van der Waals surface area contributed by atoms with Crippen molar-refractivity contribution in [2.45, 2.75) is 0 Å². The molecule has 0 atom stereocenters. The van der Waals surface area contributed by atoms with Gasteiger partial charge >= 0.3 is 0 Å². The lowest BCUT2D eigenvalue weighted by Crippen LogP contribution is -1.84. The molecule has 0 unspecified atom stereocenters. The highest BCUT2D eigenvalue weighted by Gasteiger charge is 1.87. The molecule has 0 aliphatic carbocycles. The highest BCUT2D eigenvalue weighted by atomic mass is 14.5. The second-order valence-corrected chi connectivity index (χ2v) is 3.24. The molecule has 0 bridgehead atoms. The Morgan fingerprint density at radius 2 is 1.40 bits per heavy atom. The van der Waals surface area contributed by atoms with E-state index in [4.69, 9.17) is 5.73 Å². The van der Waals surface area contributed by atoms with Crippen LogP contribution in [0.5, 0.6) is 0 Å². The quantitative estimate of drug-likeness (QED) is 0.505. The second-order valence-electron chi connectivity index (χ2n) is 3.24. The summed E-state index contributed by atoms with van der Waals surface area (Å²) in [6.45, 7) is 0. The first-order valence-electron chi connectivity index (χ1n) is 4.77. The van der Waals surface area contributed by atoms with E-state index < -0.39 is 0 Å². The third kappa shape index (κ3) is 2.62. The number of hydrogen-bond acceptors (Lipinski definition) is 1. The highest BCUT2D eigenvalue weighted by molar-refractivity contribution is 5.49. The fourth-order valence-electron chi connectivity index (χ4n) is 1.28. The van der Waals surface area contributed by atoms with Crippen molar-refractivity contribution in [2.24, 2.45) is 0 Å². The van der Waals surface area contributed by atoms with Gasteiger partial charge in [0.05, 0.1) is 0 Å². The van der Waals surface area contributed by atoms with Gasteiger partial charge in [-0.05, 0) is 30.3 Å². The Balaban J connectivity index is 2.26. The number of benzene rings is 2. The summed E-state index contributed by atoms with van der Waals surface area (Å²) in [7, 11) is 0. The Hall–Kier alpha value is -2.20. The maximum absolute atomic E-state index is 5.66. The zero-order valence-corrected chi connectivity index (χ0v) is 8.27. The number of anilines is 1. The van der Waals surface area contributed by atoms with Crippen LogP contribution >= 0.6 is 0 Å². The van der Waals surface area contributed by atoms with Crippen molar-refractivity contribution in [1.29, 1.82) is 0 Å². The molecule has 0 amide bonds. The normalized spacial score (nSPS) is 9.07. The molecule has 72 valence electrons. The van der Waals surface area contributed by atoms with Gasteiger partial charge in [-0.1, -0.05) is 36.1 Å². The Morgan fingerprint density at radius 3 is 2.13 bits per heavy atom. The van der Waals surface area contributed by atoms with Crippen molar-refractivity contribution in [3.63, 3.8) is 0 Å². The largest absolute Gasteiger partial charge is 0.399 e. The Morgan fingerprint density at radius 1 is 0.733 bits per heavy atom. The first kappa shape index (κ1) is 9.36. The summed E-state index contributed by atoms with van der Waals surface area (Å²) < 4.78 is 0. The summed E-state index contributed by atoms with van der Waals surface area (Å²) in [5.74, 6) is 6.15. The van der Waals surface area contributed by atoms with E-state index in [1.807, 2.05) is 54.6 Å². The Bertz CT molecular complexity index is 504. The van der Waals surface area contributed by atoms with Crippen molar-refractivity contribution in [2.75, 3.05) is 5.73 Å². The van der Waals surface area contributed by atoms with Crippen LogP contribution in [0.15, 0.2) is 54.6 Å². The van der Waals surface area contributed by atoms with Gasteiger partial charge in [-0.2, -0.15) is 0 Å². The van der Waals surface area contributed by atoms with Crippen molar-refractivity contribution >= 4 is 5.69 Å². The zero-order valence-electron chi connectivity index (χ0n) is 8.27. The van der Waals surface area contributed by atoms with Crippen LogP contribution in [0.25, 0.3) is 0 Å². The fourth-order valence-corrected chi connectivity index (χ4v) is 1.28. The average Bonchev–Trinajstić information content (AvgIpc) is 2.28. The second kappa shape index (κ2) is 4.34. The highest BCUT2D eigenvalue weighted by Crippen LogP contribution is 2.05. The molecule has 0 saturated heterocycles. The lowest BCUT2D eigenvalue weighted by Gasteiger charge is -1.92. The summed E-state index contributed by atoms with van der Waals surface area (Å²) in [6.07, 6.45) is 0. The molecule has 2 rings (SSSR count). The Labute approximate surface area is 89.6 Å². The van der Waals surface area contributed by atoms with Crippen molar-refractivity contribution in [3.8, 4) is 11.8 Å². The lowest BCUT2D eigenvalue weighted by molar-refractivity contribution is 1.62.